The fraction of sp³-hybridized carbons (Fsp3) is 0.440. The summed E-state index contributed by atoms with van der Waals surface area (Å²) < 4.78 is 11.0. The van der Waals surface area contributed by atoms with E-state index < -0.39 is 60.2 Å². The van der Waals surface area contributed by atoms with Crippen molar-refractivity contribution >= 4 is 11.9 Å². The molecule has 1 fully saturated rings. The topological polar surface area (TPSA) is 212 Å². The number of amides is 1. The molecule has 2 aromatic rings. The molecule has 0 spiro atoms. The molecule has 9 N–H and O–H groups in total. The van der Waals surface area contributed by atoms with E-state index in [4.69, 9.17) is 15.2 Å². The fourth-order valence-electron chi connectivity index (χ4n) is 4.02. The first kappa shape index (κ1) is 28.3. The van der Waals surface area contributed by atoms with Crippen molar-refractivity contribution in [2.45, 2.75) is 62.6 Å². The van der Waals surface area contributed by atoms with Crippen LogP contribution in [0.25, 0.3) is 0 Å². The van der Waals surface area contributed by atoms with E-state index in [1.165, 1.54) is 6.07 Å². The molecule has 37 heavy (non-hydrogen) atoms. The molecule has 2 aromatic carbocycles. The fourth-order valence-corrected chi connectivity index (χ4v) is 4.02. The molecular weight excluding hydrogens is 488 g/mol. The minimum atomic E-state index is -1.90. The molecule has 3 rings (SSSR count). The number of aryl methyl sites for hydroxylation is 1. The van der Waals surface area contributed by atoms with Gasteiger partial charge in [0.05, 0.1) is 11.7 Å². The largest absolute Gasteiger partial charge is 0.504 e. The number of ether oxygens (including phenoxy) is 2. The van der Waals surface area contributed by atoms with Crippen molar-refractivity contribution in [3.05, 3.63) is 59.2 Å². The quantitative estimate of drug-likeness (QED) is 0.181. The van der Waals surface area contributed by atoms with Gasteiger partial charge in [-0.2, -0.15) is 0 Å². The lowest BCUT2D eigenvalue weighted by molar-refractivity contribution is -0.305. The number of carboxylic acid groups (broad SMARTS) is 1. The van der Waals surface area contributed by atoms with Crippen LogP contribution in [0.5, 0.6) is 11.5 Å². The highest BCUT2D eigenvalue weighted by Gasteiger charge is 2.48. The standard InChI is InChI=1S/C25H32N2O10/c1-12(7-8-13-5-3-2-4-6-13)27-11-17(14-9-15(23(26)33)18(29)16(28)10-14)36-25-21(32)19(30)20(31)22(37-25)24(34)35/h2-6,9-10,12,17,19-22,25,27-32H,7-8,11H2,1H3,(H2,26,33)(H,34,35)/t12?,17?,19-,20-,21+,22-,25?/m0/s1. The molecule has 1 heterocycles. The van der Waals surface area contributed by atoms with E-state index in [1.807, 2.05) is 37.3 Å². The van der Waals surface area contributed by atoms with E-state index in [0.717, 1.165) is 24.5 Å². The number of carboxylic acids is 1. The number of carbonyl (C=O) groups excluding carboxylic acids is 1. The Morgan fingerprint density at radius 3 is 2.38 bits per heavy atom. The maximum atomic E-state index is 11.8. The molecule has 1 saturated heterocycles. The first-order valence-corrected chi connectivity index (χ1v) is 11.7. The van der Waals surface area contributed by atoms with Gasteiger partial charge in [-0.05, 0) is 43.0 Å². The average Bonchev–Trinajstić information content (AvgIpc) is 2.86. The van der Waals surface area contributed by atoms with Crippen LogP contribution in [0.1, 0.15) is 40.9 Å². The van der Waals surface area contributed by atoms with Gasteiger partial charge in [0, 0.05) is 12.6 Å². The van der Waals surface area contributed by atoms with Crippen molar-refractivity contribution in [1.29, 1.82) is 0 Å². The van der Waals surface area contributed by atoms with Crippen LogP contribution in [-0.2, 0) is 20.7 Å². The lowest BCUT2D eigenvalue weighted by atomic mass is 9.98. The van der Waals surface area contributed by atoms with Crippen molar-refractivity contribution in [1.82, 2.24) is 5.32 Å². The van der Waals surface area contributed by atoms with Gasteiger partial charge in [-0.15, -0.1) is 0 Å². The highest BCUT2D eigenvalue weighted by atomic mass is 16.7. The molecule has 1 amide bonds. The Morgan fingerprint density at radius 1 is 1.08 bits per heavy atom. The number of nitrogens with one attached hydrogen (secondary N) is 1. The molecule has 1 aliphatic rings. The number of benzene rings is 2. The van der Waals surface area contributed by atoms with E-state index in [9.17, 15) is 40.2 Å². The third kappa shape index (κ3) is 6.95. The zero-order chi connectivity index (χ0) is 27.3. The number of phenols is 2. The number of rotatable bonds is 11. The molecule has 1 aliphatic heterocycles. The van der Waals surface area contributed by atoms with E-state index >= 15 is 0 Å². The zero-order valence-corrected chi connectivity index (χ0v) is 20.1. The minimum absolute atomic E-state index is 0.0291. The smallest absolute Gasteiger partial charge is 0.335 e. The number of primary amides is 1. The summed E-state index contributed by atoms with van der Waals surface area (Å²) in [6.07, 6.45) is -8.74. The van der Waals surface area contributed by atoms with Gasteiger partial charge in [0.15, 0.2) is 23.9 Å². The number of aliphatic hydroxyl groups is 3. The highest BCUT2D eigenvalue weighted by molar-refractivity contribution is 5.96. The lowest BCUT2D eigenvalue weighted by Gasteiger charge is -2.40. The highest BCUT2D eigenvalue weighted by Crippen LogP contribution is 2.35. The normalized spacial score (nSPS) is 25.4. The van der Waals surface area contributed by atoms with Gasteiger partial charge >= 0.3 is 5.97 Å². The summed E-state index contributed by atoms with van der Waals surface area (Å²) in [5, 5.41) is 63.2. The number of carbonyl (C=O) groups is 2. The molecule has 12 heteroatoms. The molecule has 202 valence electrons. The van der Waals surface area contributed by atoms with Crippen LogP contribution in [0.3, 0.4) is 0 Å². The SMILES string of the molecule is CC(CCc1ccccc1)NCC(OC1O[C@H](C(=O)O)[C@@H](O)[C@H](O)[C@H]1O)c1cc(O)c(O)c(C(N)=O)c1. The summed E-state index contributed by atoms with van der Waals surface area (Å²) in [6, 6.07) is 12.1. The van der Waals surface area contributed by atoms with Crippen molar-refractivity contribution < 1.29 is 49.7 Å². The van der Waals surface area contributed by atoms with Gasteiger partial charge in [-0.3, -0.25) is 4.79 Å². The number of aromatic hydroxyl groups is 2. The van der Waals surface area contributed by atoms with Gasteiger partial charge in [0.2, 0.25) is 0 Å². The van der Waals surface area contributed by atoms with Crippen LogP contribution in [0, 0.1) is 0 Å². The lowest BCUT2D eigenvalue weighted by Crippen LogP contribution is -2.60. The molecule has 0 aliphatic carbocycles. The number of hydrogen-bond acceptors (Lipinski definition) is 10. The third-order valence-corrected chi connectivity index (χ3v) is 6.22. The minimum Gasteiger partial charge on any atom is -0.504 e. The zero-order valence-electron chi connectivity index (χ0n) is 20.1. The summed E-state index contributed by atoms with van der Waals surface area (Å²) >= 11 is 0. The Bertz CT molecular complexity index is 1080. The van der Waals surface area contributed by atoms with E-state index in [-0.39, 0.29) is 23.7 Å². The molecule has 0 bridgehead atoms. The Kier molecular flexibility index (Phi) is 9.43. The predicted octanol–water partition coefficient (Wildman–Crippen LogP) is -0.242. The van der Waals surface area contributed by atoms with Crippen molar-refractivity contribution in [2.24, 2.45) is 5.73 Å². The molecule has 0 aromatic heterocycles. The second-order valence-electron chi connectivity index (χ2n) is 8.99. The van der Waals surface area contributed by atoms with Crippen molar-refractivity contribution in [3.63, 3.8) is 0 Å². The summed E-state index contributed by atoms with van der Waals surface area (Å²) in [4.78, 5) is 23.2. The van der Waals surface area contributed by atoms with Gasteiger partial charge in [0.25, 0.3) is 5.91 Å². The van der Waals surface area contributed by atoms with Gasteiger partial charge in [-0.1, -0.05) is 30.3 Å². The summed E-state index contributed by atoms with van der Waals surface area (Å²) in [7, 11) is 0. The molecule has 7 atom stereocenters. The number of aliphatic carboxylic acids is 1. The van der Waals surface area contributed by atoms with Crippen LogP contribution < -0.4 is 11.1 Å². The molecule has 0 saturated carbocycles. The summed E-state index contributed by atoms with van der Waals surface area (Å²) in [5.74, 6) is -3.97. The first-order chi connectivity index (χ1) is 17.5. The van der Waals surface area contributed by atoms with Crippen molar-refractivity contribution in [2.75, 3.05) is 6.54 Å². The van der Waals surface area contributed by atoms with E-state index in [0.29, 0.717) is 0 Å². The average molecular weight is 521 g/mol. The van der Waals surface area contributed by atoms with E-state index in [2.05, 4.69) is 5.32 Å². The number of nitrogens with two attached hydrogens (primary N) is 1. The van der Waals surface area contributed by atoms with Crippen LogP contribution in [-0.4, -0.2) is 85.8 Å². The van der Waals surface area contributed by atoms with Gasteiger partial charge in [0.1, 0.15) is 18.3 Å². The molecule has 0 radical (unpaired) electrons. The maximum Gasteiger partial charge on any atom is 0.335 e. The van der Waals surface area contributed by atoms with Crippen molar-refractivity contribution in [3.8, 4) is 11.5 Å². The predicted molar refractivity (Wildman–Crippen MR) is 129 cm³/mol. The molecule has 12 nitrogen and oxygen atoms in total. The molecule has 3 unspecified atom stereocenters. The second kappa shape index (κ2) is 12.3. The Labute approximate surface area is 212 Å². The second-order valence-corrected chi connectivity index (χ2v) is 8.99. The van der Waals surface area contributed by atoms with Gasteiger partial charge in [-0.25, -0.2) is 4.79 Å². The first-order valence-electron chi connectivity index (χ1n) is 11.7. The Hall–Kier alpha value is -3.26. The monoisotopic (exact) mass is 520 g/mol. The van der Waals surface area contributed by atoms with Crippen LogP contribution >= 0.6 is 0 Å². The van der Waals surface area contributed by atoms with Crippen LogP contribution in [0.4, 0.5) is 0 Å². The Balaban J connectivity index is 1.82. The summed E-state index contributed by atoms with van der Waals surface area (Å²) in [5.41, 5.74) is 6.21. The third-order valence-electron chi connectivity index (χ3n) is 6.22. The van der Waals surface area contributed by atoms with Crippen LogP contribution in [0.2, 0.25) is 0 Å². The maximum absolute atomic E-state index is 11.8. The Morgan fingerprint density at radius 2 is 1.76 bits per heavy atom. The number of phenolic OH excluding ortho intramolecular Hbond substituents is 1. The summed E-state index contributed by atoms with van der Waals surface area (Å²) in [6.45, 7) is 1.96. The number of hydrogen-bond donors (Lipinski definition) is 8. The van der Waals surface area contributed by atoms with E-state index in [1.54, 1.807) is 0 Å². The van der Waals surface area contributed by atoms with Gasteiger partial charge < -0.3 is 51.2 Å². The number of aliphatic hydroxyl groups excluding tert-OH is 3. The molecular formula is C25H32N2O10. The van der Waals surface area contributed by atoms with Crippen LogP contribution in [0.15, 0.2) is 42.5 Å².